The van der Waals surface area contributed by atoms with Crippen molar-refractivity contribution in [1.29, 1.82) is 0 Å². The van der Waals surface area contributed by atoms with Gasteiger partial charge in [0.05, 0.1) is 18.2 Å². The van der Waals surface area contributed by atoms with Gasteiger partial charge in [0.15, 0.2) is 0 Å². The molecule has 0 aliphatic carbocycles. The van der Waals surface area contributed by atoms with Crippen LogP contribution in [-0.2, 0) is 16.1 Å². The Balaban J connectivity index is 0.00000904. The van der Waals surface area contributed by atoms with Crippen LogP contribution in [0.15, 0.2) is 99.5 Å². The van der Waals surface area contributed by atoms with Crippen molar-refractivity contribution in [3.8, 4) is 0 Å². The molecule has 0 saturated carbocycles. The number of hydrogen-bond donors (Lipinski definition) is 3. The molecule has 0 radical (unpaired) electrons. The Morgan fingerprint density at radius 3 is 2.50 bits per heavy atom. The Morgan fingerprint density at radius 2 is 1.89 bits per heavy atom. The number of aliphatic hydroxyl groups excluding tert-OH is 1. The topological polar surface area (TPSA) is 116 Å². The number of hydrogen-bond acceptors (Lipinski definition) is 7. The van der Waals surface area contributed by atoms with Gasteiger partial charge in [-0.2, -0.15) is 0 Å². The predicted octanol–water partition coefficient (Wildman–Crippen LogP) is 7.85. The number of aliphatic imine (C=N–C) groups is 2. The summed E-state index contributed by atoms with van der Waals surface area (Å²) in [6, 6.07) is 8.18. The van der Waals surface area contributed by atoms with E-state index in [1.807, 2.05) is 26.0 Å². The molecule has 0 fully saturated rings. The van der Waals surface area contributed by atoms with Crippen LogP contribution in [-0.4, -0.2) is 54.3 Å². The summed E-state index contributed by atoms with van der Waals surface area (Å²) in [7, 11) is 0. The Labute approximate surface area is 263 Å². The van der Waals surface area contributed by atoms with Gasteiger partial charge < -0.3 is 15.1 Å². The minimum absolute atomic E-state index is 0.0888. The zero-order valence-corrected chi connectivity index (χ0v) is 27.0. The molecule has 1 rings (SSSR count). The third kappa shape index (κ3) is 16.0. The highest BCUT2D eigenvalue weighted by molar-refractivity contribution is 5.84. The maximum absolute atomic E-state index is 13.3. The van der Waals surface area contributed by atoms with E-state index < -0.39 is 12.2 Å². The van der Waals surface area contributed by atoms with E-state index >= 15 is 0 Å². The minimum Gasteiger partial charge on any atom is -0.481 e. The average Bonchev–Trinajstić information content (AvgIpc) is 3.04. The zero-order valence-electron chi connectivity index (χ0n) is 27.0. The second-order valence-corrected chi connectivity index (χ2v) is 9.20. The van der Waals surface area contributed by atoms with E-state index in [4.69, 9.17) is 9.94 Å². The number of benzene rings is 1. The number of aliphatic hydroxyl groups is 1. The molecule has 242 valence electrons. The summed E-state index contributed by atoms with van der Waals surface area (Å²) in [5, 5.41) is 26.1. The molecule has 9 heteroatoms. The van der Waals surface area contributed by atoms with Crippen molar-refractivity contribution in [3.05, 3.63) is 95.5 Å². The van der Waals surface area contributed by atoms with Gasteiger partial charge in [-0.3, -0.25) is 15.1 Å². The van der Waals surface area contributed by atoms with Crippen LogP contribution in [0, 0.1) is 0 Å². The van der Waals surface area contributed by atoms with Crippen LogP contribution in [0.4, 0.5) is 4.39 Å². The van der Waals surface area contributed by atoms with Gasteiger partial charge in [0.25, 0.3) is 0 Å². The lowest BCUT2D eigenvalue weighted by atomic mass is 9.91. The smallest absolute Gasteiger partial charge is 0.303 e. The molecule has 8 nitrogen and oxygen atoms in total. The number of rotatable bonds is 20. The maximum atomic E-state index is 13.3. The van der Waals surface area contributed by atoms with Crippen LogP contribution in [0.25, 0.3) is 0 Å². The lowest BCUT2D eigenvalue weighted by Gasteiger charge is -2.18. The van der Waals surface area contributed by atoms with E-state index in [2.05, 4.69) is 59.7 Å². The summed E-state index contributed by atoms with van der Waals surface area (Å²) in [6.07, 6.45) is 13.3. The number of nitrogens with one attached hydrogen (secondary N) is 1. The van der Waals surface area contributed by atoms with Crippen LogP contribution >= 0.6 is 0 Å². The second-order valence-electron chi connectivity index (χ2n) is 9.20. The minimum atomic E-state index is -1.12. The molecule has 1 aromatic rings. The predicted molar refractivity (Wildman–Crippen MR) is 182 cm³/mol. The fourth-order valence-corrected chi connectivity index (χ4v) is 4.10. The van der Waals surface area contributed by atoms with Gasteiger partial charge in [-0.15, -0.1) is 0 Å². The van der Waals surface area contributed by atoms with Gasteiger partial charge >= 0.3 is 5.97 Å². The molecule has 2 unspecified atom stereocenters. The maximum Gasteiger partial charge on any atom is 0.303 e. The van der Waals surface area contributed by atoms with Crippen LogP contribution in [0.5, 0.6) is 0 Å². The van der Waals surface area contributed by atoms with E-state index in [1.54, 1.807) is 31.4 Å². The molecule has 0 heterocycles. The number of carboxylic acid groups (broad SMARTS) is 1. The van der Waals surface area contributed by atoms with Crippen molar-refractivity contribution in [2.24, 2.45) is 15.1 Å². The van der Waals surface area contributed by atoms with Crippen LogP contribution in [0.2, 0.25) is 0 Å². The third-order valence-electron chi connectivity index (χ3n) is 6.30. The fraction of sp³-hybridized carbons (Fsp3) is 0.429. The summed E-state index contributed by atoms with van der Waals surface area (Å²) in [5.74, 6) is -0.840. The van der Waals surface area contributed by atoms with Crippen molar-refractivity contribution in [2.75, 3.05) is 13.1 Å². The largest absolute Gasteiger partial charge is 0.481 e. The molecule has 2 atom stereocenters. The number of nitrogens with zero attached hydrogens (tertiary/aromatic N) is 3. The first-order valence-electron chi connectivity index (χ1n) is 15.2. The number of aliphatic carboxylic acids is 1. The Kier molecular flexibility index (Phi) is 23.2. The highest BCUT2D eigenvalue weighted by Gasteiger charge is 2.21. The molecule has 0 aliphatic rings. The van der Waals surface area contributed by atoms with Crippen molar-refractivity contribution in [2.45, 2.75) is 85.3 Å². The quantitative estimate of drug-likeness (QED) is 0.0347. The Hall–Kier alpha value is -3.95. The lowest BCUT2D eigenvalue weighted by Crippen LogP contribution is -2.30. The van der Waals surface area contributed by atoms with Gasteiger partial charge in [-0.05, 0) is 62.3 Å². The monoisotopic (exact) mass is 610 g/mol. The molecule has 0 aromatic heterocycles. The van der Waals surface area contributed by atoms with Crippen LogP contribution < -0.4 is 5.32 Å². The van der Waals surface area contributed by atoms with Gasteiger partial charge in [-0.25, -0.2) is 9.38 Å². The van der Waals surface area contributed by atoms with Crippen molar-refractivity contribution in [3.63, 3.8) is 0 Å². The number of aryl methyl sites for hydroxylation is 1. The van der Waals surface area contributed by atoms with E-state index in [0.717, 1.165) is 18.4 Å². The number of halogens is 1. The molecule has 0 aliphatic heterocycles. The van der Waals surface area contributed by atoms with E-state index in [1.165, 1.54) is 23.8 Å². The molecular formula is C35H51FN4O4. The Bertz CT molecular complexity index is 1180. The molecule has 0 saturated heterocycles. The molecule has 0 bridgehead atoms. The summed E-state index contributed by atoms with van der Waals surface area (Å²) < 4.78 is 13.3. The van der Waals surface area contributed by atoms with Crippen LogP contribution in [0.1, 0.15) is 83.8 Å². The molecule has 1 aromatic carbocycles. The van der Waals surface area contributed by atoms with Gasteiger partial charge in [0.2, 0.25) is 5.90 Å². The molecule has 44 heavy (non-hydrogen) atoms. The normalized spacial score (nSPS) is 14.2. The summed E-state index contributed by atoms with van der Waals surface area (Å²) in [4.78, 5) is 25.4. The summed E-state index contributed by atoms with van der Waals surface area (Å²) >= 11 is 0. The lowest BCUT2D eigenvalue weighted by molar-refractivity contribution is -0.137. The number of unbranched alkanes of at least 4 members (excludes halogenated alkanes) is 2. The first-order valence-corrected chi connectivity index (χ1v) is 15.2. The summed E-state index contributed by atoms with van der Waals surface area (Å²) in [6.45, 7) is 17.5. The first-order chi connectivity index (χ1) is 21.3. The zero-order chi connectivity index (χ0) is 33.2. The van der Waals surface area contributed by atoms with Crippen molar-refractivity contribution < 1.29 is 24.2 Å². The van der Waals surface area contributed by atoms with Gasteiger partial charge in [0, 0.05) is 31.5 Å². The van der Waals surface area contributed by atoms with E-state index in [0.29, 0.717) is 36.4 Å². The third-order valence-corrected chi connectivity index (χ3v) is 6.30. The van der Waals surface area contributed by atoms with Crippen molar-refractivity contribution >= 4 is 24.8 Å². The van der Waals surface area contributed by atoms with E-state index in [9.17, 15) is 14.3 Å². The highest BCUT2D eigenvalue weighted by atomic mass is 19.1. The van der Waals surface area contributed by atoms with E-state index in [-0.39, 0.29) is 31.3 Å². The first kappa shape index (κ1) is 40.1. The van der Waals surface area contributed by atoms with Crippen LogP contribution in [0.3, 0.4) is 0 Å². The second kappa shape index (κ2) is 25.5. The Morgan fingerprint density at radius 1 is 1.16 bits per heavy atom. The standard InChI is InChI=1S/C33H45FN4O4.C2H6/c1-6-25-17-12-13-19-29(25)27(8-3)33(42-35-5)38-24-16-20-30(36-22-14-10-11-21-31(39)40)28(9-4)32(41)37-23-15-18-26(34)7-2;1-2/h7,9,12-13,15-20,22,27,32,37,41H,4-6,8,10-11,14,21,23-24H2,1-3H3,(H,39,40);1-2H3/b18-15-,20-16+,26-7+,30-28-,36-22?,38-33?;. The van der Waals surface area contributed by atoms with Crippen molar-refractivity contribution in [1.82, 2.24) is 5.32 Å². The molecule has 0 spiro atoms. The average molecular weight is 611 g/mol. The number of oxime groups is 1. The highest BCUT2D eigenvalue weighted by Crippen LogP contribution is 2.26. The number of carboxylic acids is 1. The SMILES string of the molecule is C=C/C(=C(\C=C\CN=C(ON=C)C(CC)c1ccccc1CC)N=CCCCCC(=O)O)C(O)NC/C=C\C(F)=C/C.CC. The van der Waals surface area contributed by atoms with Gasteiger partial charge in [0.1, 0.15) is 12.1 Å². The number of carbonyl (C=O) groups is 1. The van der Waals surface area contributed by atoms with Gasteiger partial charge in [-0.1, -0.05) is 88.0 Å². The molecule has 3 N–H and O–H groups in total. The molecular weight excluding hydrogens is 559 g/mol. The fourth-order valence-electron chi connectivity index (χ4n) is 4.10. The summed E-state index contributed by atoms with van der Waals surface area (Å²) in [5.41, 5.74) is 3.22. The molecule has 0 amide bonds. The number of allylic oxidation sites excluding steroid dienone is 4.